The van der Waals surface area contributed by atoms with Gasteiger partial charge < -0.3 is 15.4 Å². The van der Waals surface area contributed by atoms with Gasteiger partial charge in [0.05, 0.1) is 12.7 Å². The molecule has 0 aliphatic carbocycles. The van der Waals surface area contributed by atoms with Crippen molar-refractivity contribution in [3.8, 4) is 0 Å². The van der Waals surface area contributed by atoms with Gasteiger partial charge in [-0.15, -0.1) is 0 Å². The van der Waals surface area contributed by atoms with E-state index in [1.165, 1.54) is 7.11 Å². The van der Waals surface area contributed by atoms with Crippen LogP contribution in [0, 0.1) is 0 Å². The Hall–Kier alpha value is -1.88. The zero-order valence-corrected chi connectivity index (χ0v) is 10.4. The smallest absolute Gasteiger partial charge is 0.337 e. The van der Waals surface area contributed by atoms with E-state index in [2.05, 4.69) is 4.74 Å². The van der Waals surface area contributed by atoms with Gasteiger partial charge in [0.15, 0.2) is 0 Å². The number of hydrogen-bond acceptors (Lipinski definition) is 4. The third-order valence-electron chi connectivity index (χ3n) is 3.27. The van der Waals surface area contributed by atoms with Crippen molar-refractivity contribution in [3.63, 3.8) is 0 Å². The number of rotatable bonds is 2. The molecule has 1 aromatic carbocycles. The van der Waals surface area contributed by atoms with Crippen molar-refractivity contribution in [1.82, 2.24) is 0 Å². The zero-order chi connectivity index (χ0) is 13.3. The van der Waals surface area contributed by atoms with Crippen molar-refractivity contribution >= 4 is 17.6 Å². The van der Waals surface area contributed by atoms with Crippen LogP contribution in [-0.4, -0.2) is 31.1 Å². The Labute approximate surface area is 106 Å². The molecule has 5 nitrogen and oxygen atoms in total. The highest BCUT2D eigenvalue weighted by molar-refractivity contribution is 5.97. The van der Waals surface area contributed by atoms with Crippen LogP contribution in [0.15, 0.2) is 24.3 Å². The number of nitrogens with two attached hydrogens (primary N) is 1. The van der Waals surface area contributed by atoms with Gasteiger partial charge >= 0.3 is 5.97 Å². The lowest BCUT2D eigenvalue weighted by Gasteiger charge is -2.23. The second kappa shape index (κ2) is 4.78. The van der Waals surface area contributed by atoms with E-state index in [0.29, 0.717) is 12.0 Å². The van der Waals surface area contributed by atoms with Gasteiger partial charge in [-0.05, 0) is 31.2 Å². The van der Waals surface area contributed by atoms with Gasteiger partial charge in [0.25, 0.3) is 0 Å². The van der Waals surface area contributed by atoms with E-state index in [1.807, 2.05) is 6.92 Å². The SMILES string of the molecule is COC(=O)c1ccc(N2C(=O)CC(N)C2C)cc1. The van der Waals surface area contributed by atoms with Crippen LogP contribution in [0.5, 0.6) is 0 Å². The molecule has 1 heterocycles. The van der Waals surface area contributed by atoms with Crippen LogP contribution in [0.4, 0.5) is 5.69 Å². The molecule has 2 N–H and O–H groups in total. The molecular weight excluding hydrogens is 232 g/mol. The molecule has 0 bridgehead atoms. The predicted molar refractivity (Wildman–Crippen MR) is 67.3 cm³/mol. The van der Waals surface area contributed by atoms with Gasteiger partial charge in [-0.25, -0.2) is 4.79 Å². The minimum atomic E-state index is -0.390. The third-order valence-corrected chi connectivity index (χ3v) is 3.27. The Morgan fingerprint density at radius 3 is 2.44 bits per heavy atom. The molecule has 2 rings (SSSR count). The van der Waals surface area contributed by atoms with Crippen LogP contribution in [0.3, 0.4) is 0 Å². The number of nitrogens with zero attached hydrogens (tertiary/aromatic N) is 1. The van der Waals surface area contributed by atoms with E-state index in [4.69, 9.17) is 5.73 Å². The van der Waals surface area contributed by atoms with Gasteiger partial charge in [0.2, 0.25) is 5.91 Å². The first kappa shape index (κ1) is 12.6. The lowest BCUT2D eigenvalue weighted by Crippen LogP contribution is -2.37. The van der Waals surface area contributed by atoms with E-state index >= 15 is 0 Å². The first-order chi connectivity index (χ1) is 8.54. The molecule has 2 atom stereocenters. The van der Waals surface area contributed by atoms with Crippen molar-refractivity contribution in [2.75, 3.05) is 12.0 Å². The number of ether oxygens (including phenoxy) is 1. The molecule has 1 fully saturated rings. The number of amides is 1. The molecule has 1 aliphatic heterocycles. The Bertz CT molecular complexity index is 470. The molecule has 18 heavy (non-hydrogen) atoms. The minimum absolute atomic E-state index is 0.0146. The van der Waals surface area contributed by atoms with Crippen molar-refractivity contribution in [1.29, 1.82) is 0 Å². The number of methoxy groups -OCH3 is 1. The summed E-state index contributed by atoms with van der Waals surface area (Å²) in [4.78, 5) is 24.8. The molecule has 2 unspecified atom stereocenters. The largest absolute Gasteiger partial charge is 0.465 e. The molecule has 5 heteroatoms. The molecule has 0 aromatic heterocycles. The lowest BCUT2D eigenvalue weighted by atomic mass is 10.1. The van der Waals surface area contributed by atoms with Gasteiger partial charge in [-0.3, -0.25) is 4.79 Å². The number of hydrogen-bond donors (Lipinski definition) is 1. The highest BCUT2D eigenvalue weighted by Crippen LogP contribution is 2.26. The summed E-state index contributed by atoms with van der Waals surface area (Å²) >= 11 is 0. The summed E-state index contributed by atoms with van der Waals surface area (Å²) in [6.45, 7) is 1.92. The maximum Gasteiger partial charge on any atom is 0.337 e. The Kier molecular flexibility index (Phi) is 3.34. The zero-order valence-electron chi connectivity index (χ0n) is 10.4. The van der Waals surface area contributed by atoms with Crippen molar-refractivity contribution in [3.05, 3.63) is 29.8 Å². The quantitative estimate of drug-likeness (QED) is 0.790. The summed E-state index contributed by atoms with van der Waals surface area (Å²) < 4.78 is 4.62. The van der Waals surface area contributed by atoms with Crippen LogP contribution in [-0.2, 0) is 9.53 Å². The van der Waals surface area contributed by atoms with Crippen molar-refractivity contribution < 1.29 is 14.3 Å². The number of anilines is 1. The first-order valence-electron chi connectivity index (χ1n) is 5.80. The first-order valence-corrected chi connectivity index (χ1v) is 5.80. The number of carbonyl (C=O) groups excluding carboxylic acids is 2. The molecule has 1 saturated heterocycles. The number of benzene rings is 1. The average molecular weight is 248 g/mol. The van der Waals surface area contributed by atoms with E-state index in [-0.39, 0.29) is 24.0 Å². The summed E-state index contributed by atoms with van der Waals surface area (Å²) in [6.07, 6.45) is 0.361. The van der Waals surface area contributed by atoms with E-state index < -0.39 is 0 Å². The molecule has 1 aromatic rings. The molecular formula is C13H16N2O3. The minimum Gasteiger partial charge on any atom is -0.465 e. The van der Waals surface area contributed by atoms with Crippen LogP contribution >= 0.6 is 0 Å². The average Bonchev–Trinajstić information content (AvgIpc) is 2.63. The summed E-state index contributed by atoms with van der Waals surface area (Å²) in [6, 6.07) is 6.59. The van der Waals surface area contributed by atoms with E-state index in [0.717, 1.165) is 5.69 Å². The second-order valence-electron chi connectivity index (χ2n) is 4.41. The van der Waals surface area contributed by atoms with Gasteiger partial charge in [-0.1, -0.05) is 0 Å². The predicted octanol–water partition coefficient (Wildman–Crippen LogP) is 0.926. The lowest BCUT2D eigenvalue weighted by molar-refractivity contribution is -0.117. The Morgan fingerprint density at radius 1 is 1.39 bits per heavy atom. The molecule has 0 spiro atoms. The fourth-order valence-corrected chi connectivity index (χ4v) is 2.14. The van der Waals surface area contributed by atoms with Gasteiger partial charge in [-0.2, -0.15) is 0 Å². The van der Waals surface area contributed by atoms with Crippen LogP contribution in [0.25, 0.3) is 0 Å². The maximum absolute atomic E-state index is 11.8. The summed E-state index contributed by atoms with van der Waals surface area (Å²) in [5, 5.41) is 0. The topological polar surface area (TPSA) is 72.6 Å². The molecule has 0 saturated carbocycles. The summed E-state index contributed by atoms with van der Waals surface area (Å²) in [7, 11) is 1.33. The number of carbonyl (C=O) groups is 2. The molecule has 0 radical (unpaired) electrons. The highest BCUT2D eigenvalue weighted by atomic mass is 16.5. The van der Waals surface area contributed by atoms with E-state index in [9.17, 15) is 9.59 Å². The fraction of sp³-hybridized carbons (Fsp3) is 0.385. The normalized spacial score (nSPS) is 23.3. The van der Waals surface area contributed by atoms with Crippen LogP contribution in [0.2, 0.25) is 0 Å². The van der Waals surface area contributed by atoms with Crippen LogP contribution in [0.1, 0.15) is 23.7 Å². The molecule has 1 amide bonds. The van der Waals surface area contributed by atoms with Crippen molar-refractivity contribution in [2.45, 2.75) is 25.4 Å². The summed E-state index contributed by atoms with van der Waals surface area (Å²) in [5.41, 5.74) is 7.08. The highest BCUT2D eigenvalue weighted by Gasteiger charge is 2.35. The fourth-order valence-electron chi connectivity index (χ4n) is 2.14. The third kappa shape index (κ3) is 2.09. The van der Waals surface area contributed by atoms with Gasteiger partial charge in [0, 0.05) is 24.2 Å². The Morgan fingerprint density at radius 2 is 2.00 bits per heavy atom. The maximum atomic E-state index is 11.8. The molecule has 96 valence electrons. The van der Waals surface area contributed by atoms with Crippen LogP contribution < -0.4 is 10.6 Å². The second-order valence-corrected chi connectivity index (χ2v) is 4.41. The van der Waals surface area contributed by atoms with Gasteiger partial charge in [0.1, 0.15) is 0 Å². The Balaban J connectivity index is 2.25. The summed E-state index contributed by atoms with van der Waals surface area (Å²) in [5.74, 6) is -0.375. The standard InChI is InChI=1S/C13H16N2O3/c1-8-11(14)7-12(16)15(8)10-5-3-9(4-6-10)13(17)18-2/h3-6,8,11H,7,14H2,1-2H3. The van der Waals surface area contributed by atoms with Crippen molar-refractivity contribution in [2.24, 2.45) is 5.73 Å². The number of esters is 1. The monoisotopic (exact) mass is 248 g/mol. The van der Waals surface area contributed by atoms with E-state index in [1.54, 1.807) is 29.2 Å². The molecule has 1 aliphatic rings.